The minimum Gasteiger partial charge on any atom is -0.463 e. The van der Waals surface area contributed by atoms with Crippen LogP contribution in [0.1, 0.15) is 342 Å². The molecule has 0 aromatic rings. The van der Waals surface area contributed by atoms with Gasteiger partial charge in [0.1, 0.15) is 25.4 Å². The van der Waals surface area contributed by atoms with Crippen molar-refractivity contribution in [1.82, 2.24) is 0 Å². The van der Waals surface area contributed by atoms with Gasteiger partial charge >= 0.3 is 33.6 Å². The van der Waals surface area contributed by atoms with Crippen LogP contribution in [0.5, 0.6) is 0 Å². The van der Waals surface area contributed by atoms with Gasteiger partial charge < -0.3 is 34.2 Å². The highest BCUT2D eigenvalue weighted by atomic mass is 31.2. The molecule has 0 rings (SSSR count). The molecule has 0 spiro atoms. The van der Waals surface area contributed by atoms with Crippen molar-refractivity contribution in [3.8, 4) is 0 Å². The van der Waals surface area contributed by atoms with E-state index in [2.05, 4.69) is 203 Å². The Balaban J connectivity index is 4.50. The first-order chi connectivity index (χ1) is 55.2. The predicted molar refractivity (Wildman–Crippen MR) is 472 cm³/mol. The molecule has 0 aromatic carbocycles. The Labute approximate surface area is 687 Å². The smallest absolute Gasteiger partial charge is 0.463 e. The molecule has 644 valence electrons. The van der Waals surface area contributed by atoms with Gasteiger partial charge in [0, 0.05) is 19.3 Å². The molecule has 0 aliphatic heterocycles. The van der Waals surface area contributed by atoms with Gasteiger partial charge in [-0.2, -0.15) is 0 Å². The van der Waals surface area contributed by atoms with E-state index in [0.717, 1.165) is 186 Å². The van der Waals surface area contributed by atoms with Crippen molar-refractivity contribution in [3.05, 3.63) is 182 Å². The minimum absolute atomic E-state index is 0.0795. The molecular weight excluding hydrogens is 1460 g/mol. The van der Waals surface area contributed by atoms with Crippen LogP contribution in [0.2, 0.25) is 0 Å². The van der Waals surface area contributed by atoms with Crippen LogP contribution in [0.15, 0.2) is 182 Å². The molecule has 5 unspecified atom stereocenters. The van der Waals surface area contributed by atoms with Crippen molar-refractivity contribution in [2.45, 2.75) is 360 Å². The Morgan fingerprint density at radius 1 is 0.248 bits per heavy atom. The number of hydrogen-bond donors (Lipinski definition) is 4. The number of rotatable bonds is 82. The third-order valence-corrected chi connectivity index (χ3v) is 20.0. The van der Waals surface area contributed by atoms with Gasteiger partial charge in [-0.25, -0.2) is 9.13 Å². The summed E-state index contributed by atoms with van der Waals surface area (Å²) in [6, 6.07) is 0. The highest BCUT2D eigenvalue weighted by molar-refractivity contribution is 7.47. The second-order valence-corrected chi connectivity index (χ2v) is 31.8. The van der Waals surface area contributed by atoms with E-state index in [4.69, 9.17) is 32.3 Å². The Hall–Kier alpha value is -5.35. The molecule has 0 aliphatic carbocycles. The lowest BCUT2D eigenvalue weighted by atomic mass is 10.0. The van der Waals surface area contributed by atoms with Crippen LogP contribution in [0.4, 0.5) is 0 Å². The van der Waals surface area contributed by atoms with Gasteiger partial charge in [0.2, 0.25) is 0 Å². The van der Waals surface area contributed by atoms with Crippen LogP contribution in [0.3, 0.4) is 0 Å². The Morgan fingerprint density at radius 3 is 0.699 bits per heavy atom. The van der Waals surface area contributed by atoms with Gasteiger partial charge in [0.15, 0.2) is 6.10 Å². The minimum atomic E-state index is -4.95. The second-order valence-electron chi connectivity index (χ2n) is 28.9. The van der Waals surface area contributed by atoms with E-state index in [1.54, 1.807) is 0 Å². The fourth-order valence-electron chi connectivity index (χ4n) is 11.5. The molecule has 0 amide bonds. The Bertz CT molecular complexity index is 2780. The van der Waals surface area contributed by atoms with Crippen LogP contribution >= 0.6 is 15.6 Å². The fraction of sp³-hybridized carbons (Fsp3) is 0.653. The van der Waals surface area contributed by atoms with E-state index in [0.29, 0.717) is 19.3 Å². The number of esters is 3. The fourth-order valence-corrected chi connectivity index (χ4v) is 13.1. The molecule has 18 heteroatoms. The lowest BCUT2D eigenvalue weighted by molar-refractivity contribution is -0.161. The molecule has 0 radical (unpaired) electrons. The number of ether oxygens (including phenoxy) is 3. The molecule has 0 bridgehead atoms. The standard InChI is InChI=1S/C95H158O16P2/c1-4-7-10-13-16-19-22-25-28-30-32-34-36-38-40-42-43-44-45-47-49-50-52-54-56-58-61-63-66-69-72-75-78-81-93(98)105-84-90(96)85-107-112(101,102)108-86-91(97)87-109-113(103,104)110-89-92(111-95(100)83-80-77-74-71-68-65-60-27-24-21-18-15-12-9-6-3)88-106-94(99)82-79-76-73-70-67-64-62-59-57-55-53-51-48-46-41-39-37-35-33-31-29-26-23-20-17-14-11-8-5-2/h7-12,16-21,25-29,32-35,38-41,43-44,48,51,60,90-92,96-97H,4-6,13-15,22-24,30-31,36-37,42,45-47,49-50,52-59,61-89H2,1-3H3,(H,101,102)(H,103,104)/b10-7-,11-8-,12-9-,19-16-,20-17-,21-18-,28-25-,29-26-,34-32-,35-33-,40-38-,41-39-,44-43-,51-48-,60-27-. The summed E-state index contributed by atoms with van der Waals surface area (Å²) in [4.78, 5) is 58.8. The van der Waals surface area contributed by atoms with Gasteiger partial charge in [-0.05, 0) is 154 Å². The normalized spacial score (nSPS) is 14.7. The molecule has 5 atom stereocenters. The molecule has 4 N–H and O–H groups in total. The van der Waals surface area contributed by atoms with E-state index in [9.17, 15) is 43.5 Å². The van der Waals surface area contributed by atoms with Crippen molar-refractivity contribution in [2.24, 2.45) is 0 Å². The van der Waals surface area contributed by atoms with Gasteiger partial charge in [-0.15, -0.1) is 0 Å². The predicted octanol–water partition coefficient (Wildman–Crippen LogP) is 26.9. The summed E-state index contributed by atoms with van der Waals surface area (Å²) >= 11 is 0. The maximum atomic E-state index is 13.0. The number of aliphatic hydroxyl groups excluding tert-OH is 2. The first kappa shape index (κ1) is 108. The van der Waals surface area contributed by atoms with Crippen molar-refractivity contribution in [1.29, 1.82) is 0 Å². The molecule has 0 aliphatic rings. The van der Waals surface area contributed by atoms with E-state index in [-0.39, 0.29) is 19.3 Å². The molecule has 0 saturated carbocycles. The summed E-state index contributed by atoms with van der Waals surface area (Å²) in [5, 5.41) is 20.7. The zero-order valence-electron chi connectivity index (χ0n) is 70.7. The van der Waals surface area contributed by atoms with Gasteiger partial charge in [-0.1, -0.05) is 351 Å². The number of carbonyl (C=O) groups excluding carboxylic acids is 3. The van der Waals surface area contributed by atoms with Gasteiger partial charge in [0.25, 0.3) is 0 Å². The summed E-state index contributed by atoms with van der Waals surface area (Å²) in [5.41, 5.74) is 0. The first-order valence-corrected chi connectivity index (χ1v) is 47.1. The van der Waals surface area contributed by atoms with Crippen LogP contribution in [0, 0.1) is 0 Å². The van der Waals surface area contributed by atoms with E-state index in [1.165, 1.54) is 96.3 Å². The molecule has 0 aromatic heterocycles. The van der Waals surface area contributed by atoms with Crippen molar-refractivity contribution in [2.75, 3.05) is 39.6 Å². The maximum Gasteiger partial charge on any atom is 0.472 e. The van der Waals surface area contributed by atoms with Gasteiger partial charge in [0.05, 0.1) is 26.4 Å². The average Bonchev–Trinajstić information content (AvgIpc) is 0.903. The quantitative estimate of drug-likeness (QED) is 0.0146. The highest BCUT2D eigenvalue weighted by Gasteiger charge is 2.29. The number of unbranched alkanes of at least 4 members (excludes halogenated alkanes) is 29. The summed E-state index contributed by atoms with van der Waals surface area (Å²) in [5.74, 6) is -1.60. The van der Waals surface area contributed by atoms with Crippen LogP contribution in [-0.2, 0) is 55.8 Å². The third kappa shape index (κ3) is 87.3. The zero-order valence-corrected chi connectivity index (χ0v) is 72.5. The van der Waals surface area contributed by atoms with E-state index < -0.39 is 91.5 Å². The lowest BCUT2D eigenvalue weighted by Crippen LogP contribution is -2.30. The number of aliphatic hydroxyl groups is 2. The summed E-state index contributed by atoms with van der Waals surface area (Å²) < 4.78 is 61.3. The highest BCUT2D eigenvalue weighted by Crippen LogP contribution is 2.45. The molecule has 0 fully saturated rings. The topological polar surface area (TPSA) is 231 Å². The monoisotopic (exact) mass is 1620 g/mol. The van der Waals surface area contributed by atoms with Gasteiger partial charge in [-0.3, -0.25) is 32.5 Å². The number of phosphoric ester groups is 2. The Kier molecular flexibility index (Phi) is 81.9. The summed E-state index contributed by atoms with van der Waals surface area (Å²) in [7, 11) is -9.81. The van der Waals surface area contributed by atoms with Crippen molar-refractivity contribution in [3.63, 3.8) is 0 Å². The molecular formula is C95H158O16P2. The van der Waals surface area contributed by atoms with Crippen LogP contribution < -0.4 is 0 Å². The van der Waals surface area contributed by atoms with E-state index in [1.807, 2.05) is 0 Å². The lowest BCUT2D eigenvalue weighted by Gasteiger charge is -2.21. The maximum absolute atomic E-state index is 13.0. The molecule has 113 heavy (non-hydrogen) atoms. The molecule has 0 saturated heterocycles. The third-order valence-electron chi connectivity index (χ3n) is 18.1. The SMILES string of the molecule is CC/C=C\C/C=C\C/C=C\C/C=C\C/C=C\C/C=C\CCCCCCCCCCCCCCCCC(=O)OCC(O)COP(=O)(O)OCC(O)COP(=O)(O)OCC(COC(=O)CCCCCCCCCCCC/C=C\C/C=C\C/C=C\C/C=C\C/C=C\C/C=C\CC)OC(=O)CCCCCCC/C=C\C/C=C\C/C=C\CC. The number of carbonyl (C=O) groups is 3. The number of allylic oxidation sites excluding steroid dienone is 30. The van der Waals surface area contributed by atoms with Crippen molar-refractivity contribution >= 4 is 33.6 Å². The number of hydrogen-bond acceptors (Lipinski definition) is 14. The molecule has 16 nitrogen and oxygen atoms in total. The Morgan fingerprint density at radius 2 is 0.442 bits per heavy atom. The number of phosphoric acid groups is 2. The largest absolute Gasteiger partial charge is 0.472 e. The molecule has 0 heterocycles. The average molecular weight is 1620 g/mol. The first-order valence-electron chi connectivity index (χ1n) is 44.1. The summed E-state index contributed by atoms with van der Waals surface area (Å²) in [6.07, 6.45) is 112. The van der Waals surface area contributed by atoms with Crippen LogP contribution in [0.25, 0.3) is 0 Å². The van der Waals surface area contributed by atoms with Crippen LogP contribution in [-0.4, -0.2) is 95.9 Å². The summed E-state index contributed by atoms with van der Waals surface area (Å²) in [6.45, 7) is 2.33. The van der Waals surface area contributed by atoms with Crippen molar-refractivity contribution < 1.29 is 75.8 Å². The zero-order chi connectivity index (χ0) is 82.2. The van der Waals surface area contributed by atoms with E-state index >= 15 is 0 Å². The second kappa shape index (κ2) is 86.0.